The van der Waals surface area contributed by atoms with Crippen LogP contribution in [0.2, 0.25) is 0 Å². The number of rotatable bonds is 7. The fraction of sp³-hybridized carbons (Fsp3) is 0.350. The van der Waals surface area contributed by atoms with Crippen molar-refractivity contribution >= 4 is 6.03 Å². The molecule has 0 aliphatic carbocycles. The minimum Gasteiger partial charge on any atom is -0.493 e. The number of hydrogen-bond donors (Lipinski definition) is 2. The first-order chi connectivity index (χ1) is 12.3. The van der Waals surface area contributed by atoms with Crippen molar-refractivity contribution in [3.05, 3.63) is 65.2 Å². The third-order valence-corrected chi connectivity index (χ3v) is 4.32. The Morgan fingerprint density at radius 2 is 2.00 bits per heavy atom. The summed E-state index contributed by atoms with van der Waals surface area (Å²) >= 11 is 0. The van der Waals surface area contributed by atoms with Crippen LogP contribution in [0.15, 0.2) is 48.5 Å². The van der Waals surface area contributed by atoms with Crippen LogP contribution in [0.4, 0.5) is 4.79 Å². The average Bonchev–Trinajstić information content (AvgIpc) is 3.10. The summed E-state index contributed by atoms with van der Waals surface area (Å²) in [7, 11) is 0. The molecular weight excluding hydrogens is 316 g/mol. The van der Waals surface area contributed by atoms with Gasteiger partial charge in [0.2, 0.25) is 0 Å². The number of benzene rings is 2. The van der Waals surface area contributed by atoms with Crippen molar-refractivity contribution in [3.63, 3.8) is 0 Å². The molecule has 0 atom stereocenters. The number of hydrogen-bond acceptors (Lipinski definition) is 3. The first-order valence-electron chi connectivity index (χ1n) is 8.68. The fourth-order valence-electron chi connectivity index (χ4n) is 3.00. The molecule has 1 aliphatic heterocycles. The normalized spacial score (nSPS) is 12.4. The summed E-state index contributed by atoms with van der Waals surface area (Å²) in [5, 5.41) is 12.2. The molecule has 0 radical (unpaired) electrons. The molecule has 0 saturated carbocycles. The Kier molecular flexibility index (Phi) is 5.90. The molecule has 5 nitrogen and oxygen atoms in total. The van der Waals surface area contributed by atoms with E-state index in [4.69, 9.17) is 4.74 Å². The number of urea groups is 1. The molecule has 0 aromatic heterocycles. The lowest BCUT2D eigenvalue weighted by molar-refractivity contribution is 0.174. The molecule has 2 amide bonds. The van der Waals surface area contributed by atoms with Crippen LogP contribution in [-0.2, 0) is 19.4 Å². The summed E-state index contributed by atoms with van der Waals surface area (Å²) < 4.78 is 5.51. The second kappa shape index (κ2) is 8.53. The van der Waals surface area contributed by atoms with Crippen LogP contribution in [0.1, 0.15) is 16.7 Å². The van der Waals surface area contributed by atoms with Crippen LogP contribution in [0.5, 0.6) is 5.75 Å². The number of nitrogens with zero attached hydrogens (tertiary/aromatic N) is 1. The maximum atomic E-state index is 12.4. The van der Waals surface area contributed by atoms with Gasteiger partial charge in [-0.1, -0.05) is 42.5 Å². The van der Waals surface area contributed by atoms with E-state index in [0.717, 1.165) is 30.8 Å². The Balaban J connectivity index is 1.51. The van der Waals surface area contributed by atoms with Gasteiger partial charge in [-0.2, -0.15) is 0 Å². The molecule has 5 heteroatoms. The van der Waals surface area contributed by atoms with Gasteiger partial charge in [0, 0.05) is 26.1 Å². The van der Waals surface area contributed by atoms with E-state index in [1.54, 1.807) is 4.90 Å². The lowest BCUT2D eigenvalue weighted by Crippen LogP contribution is -2.41. The largest absolute Gasteiger partial charge is 0.493 e. The Labute approximate surface area is 148 Å². The van der Waals surface area contributed by atoms with Crippen molar-refractivity contribution < 1.29 is 14.6 Å². The van der Waals surface area contributed by atoms with Gasteiger partial charge in [0.05, 0.1) is 13.2 Å². The zero-order valence-electron chi connectivity index (χ0n) is 14.3. The van der Waals surface area contributed by atoms with E-state index in [2.05, 4.69) is 11.4 Å². The summed E-state index contributed by atoms with van der Waals surface area (Å²) in [6.45, 7) is 2.08. The molecule has 0 spiro atoms. The molecule has 3 rings (SSSR count). The summed E-state index contributed by atoms with van der Waals surface area (Å²) in [6, 6.07) is 15.9. The van der Waals surface area contributed by atoms with Crippen LogP contribution >= 0.6 is 0 Å². The molecule has 132 valence electrons. The minimum absolute atomic E-state index is 0.0505. The van der Waals surface area contributed by atoms with Crippen molar-refractivity contribution in [2.75, 3.05) is 26.3 Å². The smallest absolute Gasteiger partial charge is 0.317 e. The SMILES string of the molecule is O=C(NCCc1ccc2c(c1)CCO2)N(CCO)Cc1ccccc1. The highest BCUT2D eigenvalue weighted by Crippen LogP contribution is 2.25. The Bertz CT molecular complexity index is 703. The van der Waals surface area contributed by atoms with Gasteiger partial charge < -0.3 is 20.1 Å². The Morgan fingerprint density at radius 1 is 1.16 bits per heavy atom. The second-order valence-electron chi connectivity index (χ2n) is 6.15. The number of aliphatic hydroxyl groups is 1. The molecular formula is C20H24N2O3. The zero-order valence-corrected chi connectivity index (χ0v) is 14.3. The van der Waals surface area contributed by atoms with Crippen LogP contribution in [0, 0.1) is 0 Å². The summed E-state index contributed by atoms with van der Waals surface area (Å²) in [5.74, 6) is 0.977. The van der Waals surface area contributed by atoms with Gasteiger partial charge in [-0.3, -0.25) is 0 Å². The van der Waals surface area contributed by atoms with Gasteiger partial charge in [0.25, 0.3) is 0 Å². The van der Waals surface area contributed by atoms with Crippen molar-refractivity contribution in [3.8, 4) is 5.75 Å². The first-order valence-corrected chi connectivity index (χ1v) is 8.68. The Morgan fingerprint density at radius 3 is 2.80 bits per heavy atom. The highest BCUT2D eigenvalue weighted by Gasteiger charge is 2.14. The molecule has 0 saturated heterocycles. The number of carbonyl (C=O) groups excluding carboxylic acids is 1. The lowest BCUT2D eigenvalue weighted by Gasteiger charge is -2.22. The maximum Gasteiger partial charge on any atom is 0.317 e. The predicted molar refractivity (Wildman–Crippen MR) is 96.7 cm³/mol. The van der Waals surface area contributed by atoms with E-state index in [9.17, 15) is 9.90 Å². The third-order valence-electron chi connectivity index (χ3n) is 4.32. The quantitative estimate of drug-likeness (QED) is 0.813. The van der Waals surface area contributed by atoms with E-state index in [1.165, 1.54) is 11.1 Å². The van der Waals surface area contributed by atoms with E-state index in [0.29, 0.717) is 19.6 Å². The van der Waals surface area contributed by atoms with E-state index < -0.39 is 0 Å². The number of carbonyl (C=O) groups is 1. The van der Waals surface area contributed by atoms with Crippen molar-refractivity contribution in [2.24, 2.45) is 0 Å². The van der Waals surface area contributed by atoms with Crippen LogP contribution in [-0.4, -0.2) is 42.3 Å². The van der Waals surface area contributed by atoms with E-state index >= 15 is 0 Å². The van der Waals surface area contributed by atoms with Crippen LogP contribution in [0.3, 0.4) is 0 Å². The molecule has 0 fully saturated rings. The maximum absolute atomic E-state index is 12.4. The molecule has 25 heavy (non-hydrogen) atoms. The summed E-state index contributed by atoms with van der Waals surface area (Å²) in [5.41, 5.74) is 3.49. The molecule has 2 aromatic rings. The molecule has 1 aliphatic rings. The van der Waals surface area contributed by atoms with E-state index in [-0.39, 0.29) is 12.6 Å². The van der Waals surface area contributed by atoms with Gasteiger partial charge in [-0.15, -0.1) is 0 Å². The van der Waals surface area contributed by atoms with Gasteiger partial charge in [0.15, 0.2) is 0 Å². The minimum atomic E-state index is -0.151. The summed E-state index contributed by atoms with van der Waals surface area (Å²) in [4.78, 5) is 14.0. The van der Waals surface area contributed by atoms with Gasteiger partial charge in [-0.25, -0.2) is 4.79 Å². The first kappa shape index (κ1) is 17.3. The summed E-state index contributed by atoms with van der Waals surface area (Å²) in [6.07, 6.45) is 1.73. The monoisotopic (exact) mass is 340 g/mol. The average molecular weight is 340 g/mol. The van der Waals surface area contributed by atoms with Crippen molar-refractivity contribution in [1.82, 2.24) is 10.2 Å². The third kappa shape index (κ3) is 4.73. The lowest BCUT2D eigenvalue weighted by atomic mass is 10.1. The number of fused-ring (bicyclic) bond motifs is 1. The second-order valence-corrected chi connectivity index (χ2v) is 6.15. The molecule has 0 bridgehead atoms. The fourth-order valence-corrected chi connectivity index (χ4v) is 3.00. The predicted octanol–water partition coefficient (Wildman–Crippen LogP) is 2.37. The number of aliphatic hydroxyl groups excluding tert-OH is 1. The topological polar surface area (TPSA) is 61.8 Å². The molecule has 2 N–H and O–H groups in total. The Hall–Kier alpha value is -2.53. The van der Waals surface area contributed by atoms with Crippen LogP contribution < -0.4 is 10.1 Å². The zero-order chi connectivity index (χ0) is 17.5. The highest BCUT2D eigenvalue weighted by atomic mass is 16.5. The number of ether oxygens (including phenoxy) is 1. The van der Waals surface area contributed by atoms with E-state index in [1.807, 2.05) is 42.5 Å². The number of amides is 2. The van der Waals surface area contributed by atoms with Gasteiger partial charge in [-0.05, 0) is 29.2 Å². The van der Waals surface area contributed by atoms with Gasteiger partial charge >= 0.3 is 6.03 Å². The molecule has 0 unspecified atom stereocenters. The van der Waals surface area contributed by atoms with Crippen molar-refractivity contribution in [1.29, 1.82) is 0 Å². The van der Waals surface area contributed by atoms with Gasteiger partial charge in [0.1, 0.15) is 5.75 Å². The highest BCUT2D eigenvalue weighted by molar-refractivity contribution is 5.74. The molecule has 2 aromatic carbocycles. The number of nitrogens with one attached hydrogen (secondary N) is 1. The van der Waals surface area contributed by atoms with Crippen molar-refractivity contribution in [2.45, 2.75) is 19.4 Å². The molecule has 1 heterocycles. The van der Waals surface area contributed by atoms with Crippen LogP contribution in [0.25, 0.3) is 0 Å². The standard InChI is InChI=1S/C20H24N2O3/c23-12-11-22(15-17-4-2-1-3-5-17)20(24)21-10-8-16-6-7-19-18(14-16)9-13-25-19/h1-7,14,23H,8-13,15H2,(H,21,24).